The van der Waals surface area contributed by atoms with Gasteiger partial charge in [-0.2, -0.15) is 4.31 Å². The molecule has 0 aromatic carbocycles. The maximum atomic E-state index is 12.2. The molecule has 21 heavy (non-hydrogen) atoms. The van der Waals surface area contributed by atoms with E-state index >= 15 is 0 Å². The van der Waals surface area contributed by atoms with Gasteiger partial charge in [-0.1, -0.05) is 28.1 Å². The highest BCUT2D eigenvalue weighted by molar-refractivity contribution is 7.91. The van der Waals surface area contributed by atoms with Crippen LogP contribution in [0.3, 0.4) is 0 Å². The first-order valence-corrected chi connectivity index (χ1v) is 8.23. The van der Waals surface area contributed by atoms with Crippen molar-refractivity contribution in [2.75, 3.05) is 18.9 Å². The summed E-state index contributed by atoms with van der Waals surface area (Å²) in [6.45, 7) is 1.30. The maximum absolute atomic E-state index is 12.2. The first kappa shape index (κ1) is 15.9. The van der Waals surface area contributed by atoms with Crippen LogP contribution in [0.2, 0.25) is 4.47 Å². The summed E-state index contributed by atoms with van der Waals surface area (Å²) in [5, 5.41) is 6.02. The maximum Gasteiger partial charge on any atom is 0.254 e. The standard InChI is InChI=1S/C10H11ClN4O4S2/c1-6-3-7(14-19-6)13-8(16)5-15(2)21(17,18)9-4-12-10(11)20-9/h3-4H,5H2,1-2H3,(H,13,14,16). The molecule has 2 rings (SSSR count). The molecule has 0 aliphatic carbocycles. The van der Waals surface area contributed by atoms with Crippen LogP contribution < -0.4 is 5.32 Å². The number of rotatable bonds is 5. The fourth-order valence-electron chi connectivity index (χ4n) is 1.41. The SMILES string of the molecule is Cc1cc(NC(=O)CN(C)S(=O)(=O)c2cnc(Cl)s2)no1. The van der Waals surface area contributed by atoms with Crippen LogP contribution in [0, 0.1) is 6.92 Å². The molecule has 0 radical (unpaired) electrons. The second-order valence-corrected chi connectivity index (χ2v) is 7.95. The zero-order chi connectivity index (χ0) is 15.6. The number of hydrogen-bond donors (Lipinski definition) is 1. The van der Waals surface area contributed by atoms with Gasteiger partial charge in [-0.15, -0.1) is 0 Å². The number of likely N-dealkylation sites (N-methyl/N-ethyl adjacent to an activating group) is 1. The highest BCUT2D eigenvalue weighted by atomic mass is 35.5. The Labute approximate surface area is 129 Å². The zero-order valence-corrected chi connectivity index (χ0v) is 13.4. The summed E-state index contributed by atoms with van der Waals surface area (Å²) in [6, 6.07) is 1.52. The van der Waals surface area contributed by atoms with Gasteiger partial charge >= 0.3 is 0 Å². The van der Waals surface area contributed by atoms with Crippen molar-refractivity contribution in [1.29, 1.82) is 0 Å². The third-order valence-electron chi connectivity index (χ3n) is 2.38. The van der Waals surface area contributed by atoms with Gasteiger partial charge in [-0.05, 0) is 6.92 Å². The molecule has 0 saturated carbocycles. The van der Waals surface area contributed by atoms with Crippen LogP contribution in [0.25, 0.3) is 0 Å². The van der Waals surface area contributed by atoms with Crippen molar-refractivity contribution in [1.82, 2.24) is 14.4 Å². The van der Waals surface area contributed by atoms with Crippen LogP contribution in [0.1, 0.15) is 5.76 Å². The molecule has 0 saturated heterocycles. The average Bonchev–Trinajstić information content (AvgIpc) is 2.98. The van der Waals surface area contributed by atoms with Gasteiger partial charge in [-0.3, -0.25) is 4.79 Å². The summed E-state index contributed by atoms with van der Waals surface area (Å²) in [5.41, 5.74) is 0. The molecule has 11 heteroatoms. The molecule has 0 bridgehead atoms. The van der Waals surface area contributed by atoms with Gasteiger partial charge in [0.05, 0.1) is 12.7 Å². The first-order chi connectivity index (χ1) is 9.79. The summed E-state index contributed by atoms with van der Waals surface area (Å²) in [7, 11) is -2.51. The average molecular weight is 351 g/mol. The van der Waals surface area contributed by atoms with Crippen molar-refractivity contribution in [3.8, 4) is 0 Å². The molecule has 2 aromatic heterocycles. The van der Waals surface area contributed by atoms with E-state index in [-0.39, 0.29) is 21.0 Å². The van der Waals surface area contributed by atoms with Crippen molar-refractivity contribution < 1.29 is 17.7 Å². The van der Waals surface area contributed by atoms with Gasteiger partial charge in [0.25, 0.3) is 10.0 Å². The minimum Gasteiger partial charge on any atom is -0.360 e. The summed E-state index contributed by atoms with van der Waals surface area (Å²) in [6.07, 6.45) is 1.15. The van der Waals surface area contributed by atoms with E-state index in [1.807, 2.05) is 0 Å². The van der Waals surface area contributed by atoms with Crippen LogP contribution in [0.15, 0.2) is 21.0 Å². The smallest absolute Gasteiger partial charge is 0.254 e. The first-order valence-electron chi connectivity index (χ1n) is 5.60. The van der Waals surface area contributed by atoms with E-state index in [1.54, 1.807) is 6.92 Å². The summed E-state index contributed by atoms with van der Waals surface area (Å²) in [4.78, 5) is 15.4. The number of sulfonamides is 1. The molecule has 2 aromatic rings. The van der Waals surface area contributed by atoms with Crippen molar-refractivity contribution >= 4 is 44.7 Å². The minimum absolute atomic E-state index is 0.0277. The Balaban J connectivity index is 2.03. The van der Waals surface area contributed by atoms with Gasteiger partial charge in [0.15, 0.2) is 14.5 Å². The number of halogens is 1. The number of aromatic nitrogens is 2. The molecule has 0 atom stereocenters. The highest BCUT2D eigenvalue weighted by Crippen LogP contribution is 2.24. The van der Waals surface area contributed by atoms with E-state index in [4.69, 9.17) is 16.1 Å². The number of carbonyl (C=O) groups is 1. The Bertz CT molecular complexity index is 755. The van der Waals surface area contributed by atoms with Gasteiger partial charge < -0.3 is 9.84 Å². The van der Waals surface area contributed by atoms with E-state index in [9.17, 15) is 13.2 Å². The second kappa shape index (κ2) is 6.10. The Morgan fingerprint density at radius 2 is 2.29 bits per heavy atom. The van der Waals surface area contributed by atoms with Crippen LogP contribution in [-0.4, -0.2) is 42.4 Å². The molecule has 8 nitrogen and oxygen atoms in total. The second-order valence-electron chi connectivity index (χ2n) is 4.06. The molecule has 2 heterocycles. The molecular formula is C10H11ClN4O4S2. The molecule has 114 valence electrons. The molecule has 0 fully saturated rings. The fourth-order valence-corrected chi connectivity index (χ4v) is 4.04. The topological polar surface area (TPSA) is 105 Å². The van der Waals surface area contributed by atoms with Gasteiger partial charge in [-0.25, -0.2) is 13.4 Å². The van der Waals surface area contributed by atoms with Crippen LogP contribution in [0.4, 0.5) is 5.82 Å². The molecule has 0 spiro atoms. The summed E-state index contributed by atoms with van der Waals surface area (Å²) < 4.78 is 30.1. The number of hydrogen-bond acceptors (Lipinski definition) is 7. The van der Waals surface area contributed by atoms with Crippen molar-refractivity contribution in [2.24, 2.45) is 0 Å². The predicted molar refractivity (Wildman–Crippen MR) is 76.8 cm³/mol. The lowest BCUT2D eigenvalue weighted by Crippen LogP contribution is -2.34. The third kappa shape index (κ3) is 3.79. The number of aryl methyl sites for hydroxylation is 1. The molecule has 0 aliphatic rings. The number of thiazole rings is 1. The highest BCUT2D eigenvalue weighted by Gasteiger charge is 2.25. The lowest BCUT2D eigenvalue weighted by atomic mass is 10.5. The Morgan fingerprint density at radius 3 is 2.81 bits per heavy atom. The number of anilines is 1. The van der Waals surface area contributed by atoms with E-state index < -0.39 is 15.9 Å². The van der Waals surface area contributed by atoms with Crippen LogP contribution in [-0.2, 0) is 14.8 Å². The lowest BCUT2D eigenvalue weighted by molar-refractivity contribution is -0.116. The third-order valence-corrected chi connectivity index (χ3v) is 5.74. The zero-order valence-electron chi connectivity index (χ0n) is 11.0. The molecule has 1 amide bonds. The Morgan fingerprint density at radius 1 is 1.57 bits per heavy atom. The summed E-state index contributed by atoms with van der Waals surface area (Å²) >= 11 is 6.44. The normalized spacial score (nSPS) is 11.8. The quantitative estimate of drug-likeness (QED) is 0.872. The molecular weight excluding hydrogens is 340 g/mol. The number of nitrogens with zero attached hydrogens (tertiary/aromatic N) is 3. The monoisotopic (exact) mass is 350 g/mol. The summed E-state index contributed by atoms with van der Waals surface area (Å²) in [5.74, 6) is 0.222. The van der Waals surface area contributed by atoms with Crippen LogP contribution >= 0.6 is 22.9 Å². The molecule has 0 unspecified atom stereocenters. The van der Waals surface area contributed by atoms with Gasteiger partial charge in [0.2, 0.25) is 5.91 Å². The van der Waals surface area contributed by atoms with Gasteiger partial charge in [0, 0.05) is 13.1 Å². The predicted octanol–water partition coefficient (Wildman–Crippen LogP) is 1.35. The minimum atomic E-state index is -3.80. The van der Waals surface area contributed by atoms with Crippen molar-refractivity contribution in [3.05, 3.63) is 22.5 Å². The van der Waals surface area contributed by atoms with E-state index in [0.29, 0.717) is 5.76 Å². The van der Waals surface area contributed by atoms with E-state index in [2.05, 4.69) is 15.5 Å². The molecule has 0 aliphatic heterocycles. The Kier molecular flexibility index (Phi) is 4.61. The Hall–Kier alpha value is -1.49. The van der Waals surface area contributed by atoms with Crippen LogP contribution in [0.5, 0.6) is 0 Å². The lowest BCUT2D eigenvalue weighted by Gasteiger charge is -2.14. The number of nitrogens with one attached hydrogen (secondary N) is 1. The number of amides is 1. The molecule has 1 N–H and O–H groups in total. The number of carbonyl (C=O) groups excluding carboxylic acids is 1. The van der Waals surface area contributed by atoms with E-state index in [1.165, 1.54) is 13.1 Å². The van der Waals surface area contributed by atoms with Crippen molar-refractivity contribution in [2.45, 2.75) is 11.1 Å². The van der Waals surface area contributed by atoms with E-state index in [0.717, 1.165) is 21.8 Å². The van der Waals surface area contributed by atoms with Gasteiger partial charge in [0.1, 0.15) is 5.76 Å². The largest absolute Gasteiger partial charge is 0.360 e. The van der Waals surface area contributed by atoms with Crippen molar-refractivity contribution in [3.63, 3.8) is 0 Å². The fraction of sp³-hybridized carbons (Fsp3) is 0.300.